The summed E-state index contributed by atoms with van der Waals surface area (Å²) in [5, 5.41) is 0. The second-order valence-electron chi connectivity index (χ2n) is 6.60. The molecule has 0 spiro atoms. The van der Waals surface area contributed by atoms with Crippen LogP contribution in [0.2, 0.25) is 0 Å². The second kappa shape index (κ2) is 8.20. The molecule has 1 fully saturated rings. The van der Waals surface area contributed by atoms with Crippen molar-refractivity contribution in [2.75, 3.05) is 31.1 Å². The number of para-hydroxylation sites is 1. The van der Waals surface area contributed by atoms with Gasteiger partial charge in [-0.25, -0.2) is 4.39 Å². The lowest BCUT2D eigenvalue weighted by Crippen LogP contribution is -2.52. The summed E-state index contributed by atoms with van der Waals surface area (Å²) in [6, 6.07) is 13.4. The Balaban J connectivity index is 1.55. The van der Waals surface area contributed by atoms with Gasteiger partial charge in [-0.05, 0) is 50.2 Å². The summed E-state index contributed by atoms with van der Waals surface area (Å²) in [6.45, 7) is 5.40. The molecule has 0 N–H and O–H groups in total. The van der Waals surface area contributed by atoms with E-state index in [1.807, 2.05) is 11.0 Å². The standard InChI is InChI=1S/C21H23FN2O3/c1-15(25)17-7-9-18(10-8-17)27-16(2)21(26)24-13-11-23(12-14-24)20-6-4-3-5-19(20)22/h3-10,16H,11-14H2,1-2H3. The van der Waals surface area contributed by atoms with E-state index >= 15 is 0 Å². The summed E-state index contributed by atoms with van der Waals surface area (Å²) >= 11 is 0. The highest BCUT2D eigenvalue weighted by atomic mass is 19.1. The smallest absolute Gasteiger partial charge is 0.263 e. The number of nitrogens with zero attached hydrogens (tertiary/aromatic N) is 2. The van der Waals surface area contributed by atoms with E-state index in [-0.39, 0.29) is 17.5 Å². The minimum atomic E-state index is -0.631. The zero-order chi connectivity index (χ0) is 19.4. The Kier molecular flexibility index (Phi) is 5.74. The van der Waals surface area contributed by atoms with Gasteiger partial charge < -0.3 is 14.5 Å². The zero-order valence-corrected chi connectivity index (χ0v) is 15.5. The Bertz CT molecular complexity index is 814. The van der Waals surface area contributed by atoms with Crippen LogP contribution in [0.1, 0.15) is 24.2 Å². The van der Waals surface area contributed by atoms with Crippen LogP contribution in [-0.4, -0.2) is 48.9 Å². The molecule has 0 aromatic heterocycles. The number of amides is 1. The molecule has 1 heterocycles. The number of Topliss-reactive ketones (excluding diaryl/α,β-unsaturated/α-hetero) is 1. The van der Waals surface area contributed by atoms with Crippen LogP contribution in [0.15, 0.2) is 48.5 Å². The van der Waals surface area contributed by atoms with Gasteiger partial charge in [-0.1, -0.05) is 12.1 Å². The van der Waals surface area contributed by atoms with Gasteiger partial charge in [0.1, 0.15) is 11.6 Å². The number of rotatable bonds is 5. The largest absolute Gasteiger partial charge is 0.481 e. The fourth-order valence-electron chi connectivity index (χ4n) is 3.16. The molecular formula is C21H23FN2O3. The molecule has 0 aliphatic carbocycles. The van der Waals surface area contributed by atoms with Crippen molar-refractivity contribution < 1.29 is 18.7 Å². The van der Waals surface area contributed by atoms with E-state index in [2.05, 4.69) is 0 Å². The highest BCUT2D eigenvalue weighted by Gasteiger charge is 2.27. The molecule has 6 heteroatoms. The van der Waals surface area contributed by atoms with Crippen LogP contribution in [0.25, 0.3) is 0 Å². The SMILES string of the molecule is CC(=O)c1ccc(OC(C)C(=O)N2CCN(c3ccccc3F)CC2)cc1. The zero-order valence-electron chi connectivity index (χ0n) is 15.5. The number of carbonyl (C=O) groups excluding carboxylic acids is 2. The van der Waals surface area contributed by atoms with E-state index in [1.165, 1.54) is 13.0 Å². The van der Waals surface area contributed by atoms with Gasteiger partial charge in [0.15, 0.2) is 11.9 Å². The van der Waals surface area contributed by atoms with Crippen LogP contribution in [0.5, 0.6) is 5.75 Å². The molecule has 2 aromatic carbocycles. The molecule has 1 atom stereocenters. The van der Waals surface area contributed by atoms with Gasteiger partial charge in [0, 0.05) is 31.7 Å². The van der Waals surface area contributed by atoms with Crippen LogP contribution in [0.4, 0.5) is 10.1 Å². The van der Waals surface area contributed by atoms with Gasteiger partial charge >= 0.3 is 0 Å². The molecule has 3 rings (SSSR count). The maximum absolute atomic E-state index is 13.9. The molecule has 1 aliphatic heterocycles. The monoisotopic (exact) mass is 370 g/mol. The first-order chi connectivity index (χ1) is 13.0. The molecule has 1 aliphatic rings. The molecule has 0 radical (unpaired) electrons. The van der Waals surface area contributed by atoms with E-state index < -0.39 is 6.10 Å². The number of ether oxygens (including phenoxy) is 1. The Hall–Kier alpha value is -2.89. The van der Waals surface area contributed by atoms with Gasteiger partial charge in [0.05, 0.1) is 5.69 Å². The first-order valence-corrected chi connectivity index (χ1v) is 9.01. The first-order valence-electron chi connectivity index (χ1n) is 9.01. The summed E-state index contributed by atoms with van der Waals surface area (Å²) in [5.74, 6) is 0.186. The van der Waals surface area contributed by atoms with Crippen molar-refractivity contribution >= 4 is 17.4 Å². The van der Waals surface area contributed by atoms with Crippen LogP contribution < -0.4 is 9.64 Å². The third-order valence-electron chi connectivity index (χ3n) is 4.71. The Morgan fingerprint density at radius 2 is 1.63 bits per heavy atom. The van der Waals surface area contributed by atoms with Crippen molar-refractivity contribution in [2.24, 2.45) is 0 Å². The van der Waals surface area contributed by atoms with E-state index in [4.69, 9.17) is 4.74 Å². The summed E-state index contributed by atoms with van der Waals surface area (Å²) in [4.78, 5) is 27.6. The summed E-state index contributed by atoms with van der Waals surface area (Å²) in [7, 11) is 0. The topological polar surface area (TPSA) is 49.9 Å². The normalized spacial score (nSPS) is 15.4. The van der Waals surface area contributed by atoms with E-state index in [0.29, 0.717) is 43.2 Å². The number of benzene rings is 2. The highest BCUT2D eigenvalue weighted by Crippen LogP contribution is 2.21. The van der Waals surface area contributed by atoms with Crippen LogP contribution in [-0.2, 0) is 4.79 Å². The van der Waals surface area contributed by atoms with Crippen LogP contribution in [0.3, 0.4) is 0 Å². The quantitative estimate of drug-likeness (QED) is 0.759. The van der Waals surface area contributed by atoms with Gasteiger partial charge in [-0.15, -0.1) is 0 Å². The van der Waals surface area contributed by atoms with Crippen molar-refractivity contribution in [3.63, 3.8) is 0 Å². The number of ketones is 1. The molecule has 27 heavy (non-hydrogen) atoms. The van der Waals surface area contributed by atoms with Crippen molar-refractivity contribution in [3.05, 3.63) is 59.9 Å². The maximum atomic E-state index is 13.9. The highest BCUT2D eigenvalue weighted by molar-refractivity contribution is 5.94. The van der Waals surface area contributed by atoms with E-state index in [1.54, 1.807) is 48.2 Å². The fourth-order valence-corrected chi connectivity index (χ4v) is 3.16. The molecule has 1 amide bonds. The maximum Gasteiger partial charge on any atom is 0.263 e. The van der Waals surface area contributed by atoms with Gasteiger partial charge in [-0.2, -0.15) is 0 Å². The van der Waals surface area contributed by atoms with E-state index in [9.17, 15) is 14.0 Å². The molecule has 1 unspecified atom stereocenters. The molecule has 142 valence electrons. The van der Waals surface area contributed by atoms with Crippen molar-refractivity contribution in [1.82, 2.24) is 4.90 Å². The predicted octanol–water partition coefficient (Wildman–Crippen LogP) is 3.14. The molecule has 0 saturated carbocycles. The van der Waals surface area contributed by atoms with Crippen LogP contribution in [0, 0.1) is 5.82 Å². The van der Waals surface area contributed by atoms with Crippen LogP contribution >= 0.6 is 0 Å². The lowest BCUT2D eigenvalue weighted by atomic mass is 10.1. The molecule has 2 aromatic rings. The average Bonchev–Trinajstić information content (AvgIpc) is 2.68. The van der Waals surface area contributed by atoms with E-state index in [0.717, 1.165) is 0 Å². The average molecular weight is 370 g/mol. The Morgan fingerprint density at radius 1 is 1.00 bits per heavy atom. The lowest BCUT2D eigenvalue weighted by Gasteiger charge is -2.37. The number of hydrogen-bond donors (Lipinski definition) is 0. The summed E-state index contributed by atoms with van der Waals surface area (Å²) < 4.78 is 19.6. The number of halogens is 1. The number of hydrogen-bond acceptors (Lipinski definition) is 4. The molecule has 0 bridgehead atoms. The number of anilines is 1. The fraction of sp³-hybridized carbons (Fsp3) is 0.333. The number of carbonyl (C=O) groups is 2. The van der Waals surface area contributed by atoms with Crippen molar-refractivity contribution in [2.45, 2.75) is 20.0 Å². The second-order valence-corrected chi connectivity index (χ2v) is 6.60. The van der Waals surface area contributed by atoms with Gasteiger partial charge in [0.2, 0.25) is 0 Å². The summed E-state index contributed by atoms with van der Waals surface area (Å²) in [6.07, 6.45) is -0.631. The van der Waals surface area contributed by atoms with Crippen molar-refractivity contribution in [3.8, 4) is 5.75 Å². The first kappa shape index (κ1) is 18.9. The minimum absolute atomic E-state index is 0.0154. The third-order valence-corrected chi connectivity index (χ3v) is 4.71. The van der Waals surface area contributed by atoms with Gasteiger partial charge in [-0.3, -0.25) is 9.59 Å². The molecular weight excluding hydrogens is 347 g/mol. The summed E-state index contributed by atoms with van der Waals surface area (Å²) in [5.41, 5.74) is 1.17. The molecule has 5 nitrogen and oxygen atoms in total. The Labute approximate surface area is 158 Å². The lowest BCUT2D eigenvalue weighted by molar-refractivity contribution is -0.138. The number of piperazine rings is 1. The third kappa shape index (κ3) is 4.45. The predicted molar refractivity (Wildman–Crippen MR) is 102 cm³/mol. The minimum Gasteiger partial charge on any atom is -0.481 e. The van der Waals surface area contributed by atoms with Gasteiger partial charge in [0.25, 0.3) is 5.91 Å². The Morgan fingerprint density at radius 3 is 2.22 bits per heavy atom. The molecule has 1 saturated heterocycles. The van der Waals surface area contributed by atoms with Crippen molar-refractivity contribution in [1.29, 1.82) is 0 Å².